The fourth-order valence-electron chi connectivity index (χ4n) is 1.82. The zero-order valence-electron chi connectivity index (χ0n) is 10.0. The van der Waals surface area contributed by atoms with Crippen molar-refractivity contribution in [2.24, 2.45) is 0 Å². The molecule has 17 heavy (non-hydrogen) atoms. The van der Waals surface area contributed by atoms with Gasteiger partial charge in [0.05, 0.1) is 0 Å². The van der Waals surface area contributed by atoms with Crippen molar-refractivity contribution in [3.8, 4) is 0 Å². The molecular formula is C12H14N2O2Se. The monoisotopic (exact) mass is 298 g/mol. The number of nitrogens with zero attached hydrogens (tertiary/aromatic N) is 1. The minimum atomic E-state index is -0.306. The zero-order chi connectivity index (χ0) is 12.6. The molecule has 0 saturated heterocycles. The summed E-state index contributed by atoms with van der Waals surface area (Å²) in [6.45, 7) is 6.09. The first-order valence-corrected chi connectivity index (χ1v) is 7.09. The standard InChI is InChI=1S/C12H14N2O2Se/c1-4-16-12(15)10-9(13)8-6(2)5-7(3)14-11(8)17-10/h5H,4,13H2,1-3H3. The Morgan fingerprint density at radius 2 is 2.24 bits per heavy atom. The van der Waals surface area contributed by atoms with Crippen LogP contribution in [0.1, 0.15) is 27.4 Å². The van der Waals surface area contributed by atoms with E-state index in [0.717, 1.165) is 21.0 Å². The number of pyridine rings is 1. The van der Waals surface area contributed by atoms with Gasteiger partial charge < -0.3 is 0 Å². The number of anilines is 1. The van der Waals surface area contributed by atoms with Crippen molar-refractivity contribution in [3.63, 3.8) is 0 Å². The first-order chi connectivity index (χ1) is 8.04. The summed E-state index contributed by atoms with van der Waals surface area (Å²) in [7, 11) is 0. The van der Waals surface area contributed by atoms with E-state index in [-0.39, 0.29) is 20.5 Å². The molecule has 0 aromatic carbocycles. The molecule has 2 N–H and O–H groups in total. The quantitative estimate of drug-likeness (QED) is 0.676. The van der Waals surface area contributed by atoms with Gasteiger partial charge in [0, 0.05) is 0 Å². The molecule has 0 aliphatic rings. The molecule has 90 valence electrons. The second-order valence-electron chi connectivity index (χ2n) is 3.83. The number of aromatic nitrogens is 1. The van der Waals surface area contributed by atoms with E-state index >= 15 is 0 Å². The zero-order valence-corrected chi connectivity index (χ0v) is 11.7. The third-order valence-electron chi connectivity index (χ3n) is 2.49. The Morgan fingerprint density at radius 1 is 1.53 bits per heavy atom. The second-order valence-corrected chi connectivity index (χ2v) is 5.92. The van der Waals surface area contributed by atoms with Gasteiger partial charge in [-0.2, -0.15) is 0 Å². The van der Waals surface area contributed by atoms with Crippen LogP contribution in [-0.2, 0) is 4.74 Å². The predicted molar refractivity (Wildman–Crippen MR) is 68.5 cm³/mol. The molecule has 0 saturated carbocycles. The van der Waals surface area contributed by atoms with E-state index in [9.17, 15) is 4.79 Å². The van der Waals surface area contributed by atoms with Gasteiger partial charge in [-0.15, -0.1) is 0 Å². The second kappa shape index (κ2) is 4.51. The molecule has 0 aliphatic carbocycles. The normalized spacial score (nSPS) is 10.8. The van der Waals surface area contributed by atoms with Crippen LogP contribution in [0.2, 0.25) is 0 Å². The molecule has 0 aliphatic heterocycles. The number of carbonyl (C=O) groups excluding carboxylic acids is 1. The Morgan fingerprint density at radius 3 is 2.88 bits per heavy atom. The predicted octanol–water partition coefficient (Wildman–Crippen LogP) is 1.67. The van der Waals surface area contributed by atoms with Crippen molar-refractivity contribution in [1.29, 1.82) is 0 Å². The van der Waals surface area contributed by atoms with Crippen molar-refractivity contribution in [2.75, 3.05) is 12.3 Å². The van der Waals surface area contributed by atoms with Crippen molar-refractivity contribution in [1.82, 2.24) is 4.98 Å². The number of nitrogens with two attached hydrogens (primary N) is 1. The summed E-state index contributed by atoms with van der Waals surface area (Å²) in [5.74, 6) is -0.306. The number of rotatable bonds is 2. The molecule has 0 bridgehead atoms. The third-order valence-corrected chi connectivity index (χ3v) is 4.75. The van der Waals surface area contributed by atoms with Crippen LogP contribution in [-0.4, -0.2) is 32.1 Å². The van der Waals surface area contributed by atoms with Crippen LogP contribution in [0.25, 0.3) is 9.78 Å². The Labute approximate surface area is 106 Å². The number of carbonyl (C=O) groups is 1. The molecule has 0 atom stereocenters. The SMILES string of the molecule is CCOC(=O)c1[se]c2nc(C)cc(C)c2c1N. The van der Waals surface area contributed by atoms with Gasteiger partial charge in [0.15, 0.2) is 0 Å². The van der Waals surface area contributed by atoms with E-state index in [1.165, 1.54) is 0 Å². The molecule has 0 unspecified atom stereocenters. The number of hydrogen-bond acceptors (Lipinski definition) is 4. The van der Waals surface area contributed by atoms with Gasteiger partial charge in [-0.3, -0.25) is 0 Å². The molecule has 2 aromatic heterocycles. The summed E-state index contributed by atoms with van der Waals surface area (Å²) in [6, 6.07) is 1.98. The van der Waals surface area contributed by atoms with Crippen LogP contribution in [0.5, 0.6) is 0 Å². The molecule has 2 aromatic rings. The van der Waals surface area contributed by atoms with Crippen LogP contribution in [0.15, 0.2) is 6.07 Å². The molecule has 5 heteroatoms. The van der Waals surface area contributed by atoms with Gasteiger partial charge in [-0.05, 0) is 0 Å². The first kappa shape index (κ1) is 12.1. The van der Waals surface area contributed by atoms with Gasteiger partial charge in [0.25, 0.3) is 0 Å². The van der Waals surface area contributed by atoms with Gasteiger partial charge in [0.2, 0.25) is 0 Å². The van der Waals surface area contributed by atoms with Crippen LogP contribution < -0.4 is 5.73 Å². The van der Waals surface area contributed by atoms with Crippen LogP contribution in [0.3, 0.4) is 0 Å². The van der Waals surface area contributed by atoms with Gasteiger partial charge in [-0.1, -0.05) is 0 Å². The van der Waals surface area contributed by atoms with E-state index in [4.69, 9.17) is 10.5 Å². The van der Waals surface area contributed by atoms with E-state index < -0.39 is 0 Å². The summed E-state index contributed by atoms with van der Waals surface area (Å²) >= 11 is -0.136. The fourth-order valence-corrected chi connectivity index (χ4v) is 4.15. The van der Waals surface area contributed by atoms with Crippen molar-refractivity contribution in [2.45, 2.75) is 20.8 Å². The van der Waals surface area contributed by atoms with Crippen LogP contribution in [0.4, 0.5) is 5.69 Å². The van der Waals surface area contributed by atoms with E-state index in [1.807, 2.05) is 19.9 Å². The van der Waals surface area contributed by atoms with Crippen LogP contribution >= 0.6 is 0 Å². The van der Waals surface area contributed by atoms with Crippen molar-refractivity contribution in [3.05, 3.63) is 21.8 Å². The molecule has 0 radical (unpaired) electrons. The van der Waals surface area contributed by atoms with E-state index in [0.29, 0.717) is 16.7 Å². The minimum absolute atomic E-state index is 0.136. The van der Waals surface area contributed by atoms with Crippen LogP contribution in [0, 0.1) is 13.8 Å². The van der Waals surface area contributed by atoms with Gasteiger partial charge >= 0.3 is 105 Å². The molecule has 2 heterocycles. The van der Waals surface area contributed by atoms with Gasteiger partial charge in [-0.25, -0.2) is 0 Å². The Kier molecular flexibility index (Phi) is 3.22. The average Bonchev–Trinajstić information content (AvgIpc) is 2.56. The molecule has 2 rings (SSSR count). The molecule has 0 spiro atoms. The number of hydrogen-bond donors (Lipinski definition) is 1. The van der Waals surface area contributed by atoms with Gasteiger partial charge in [0.1, 0.15) is 0 Å². The Bertz CT molecular complexity index is 590. The summed E-state index contributed by atoms with van der Waals surface area (Å²) in [5.41, 5.74) is 8.61. The Hall–Kier alpha value is -1.32. The maximum absolute atomic E-state index is 11.7. The number of esters is 1. The molecule has 0 amide bonds. The maximum atomic E-state index is 11.7. The molecular weight excluding hydrogens is 283 g/mol. The number of ether oxygens (including phenoxy) is 1. The molecule has 4 nitrogen and oxygen atoms in total. The van der Waals surface area contributed by atoms with E-state index in [2.05, 4.69) is 4.98 Å². The summed E-state index contributed by atoms with van der Waals surface area (Å²) < 4.78 is 6.54. The number of fused-ring (bicyclic) bond motifs is 1. The fraction of sp³-hybridized carbons (Fsp3) is 0.333. The topological polar surface area (TPSA) is 65.2 Å². The summed E-state index contributed by atoms with van der Waals surface area (Å²) in [4.78, 5) is 16.2. The summed E-state index contributed by atoms with van der Waals surface area (Å²) in [5, 5.41) is 0.929. The molecule has 0 fully saturated rings. The first-order valence-electron chi connectivity index (χ1n) is 5.38. The van der Waals surface area contributed by atoms with Crippen molar-refractivity contribution < 1.29 is 9.53 Å². The average molecular weight is 297 g/mol. The summed E-state index contributed by atoms with van der Waals surface area (Å²) in [6.07, 6.45) is 0. The number of aryl methyl sites for hydroxylation is 2. The Balaban J connectivity index is 2.64. The van der Waals surface area contributed by atoms with E-state index in [1.54, 1.807) is 6.92 Å². The number of nitrogen functional groups attached to an aromatic ring is 1. The van der Waals surface area contributed by atoms with Crippen molar-refractivity contribution >= 4 is 35.9 Å². The third kappa shape index (κ3) is 2.08.